The lowest BCUT2D eigenvalue weighted by Crippen LogP contribution is -2.22. The molecule has 0 unspecified atom stereocenters. The lowest BCUT2D eigenvalue weighted by atomic mass is 9.89. The molecule has 0 spiro atoms. The van der Waals surface area contributed by atoms with Crippen molar-refractivity contribution in [2.45, 2.75) is 39.4 Å². The first-order chi connectivity index (χ1) is 13.0. The van der Waals surface area contributed by atoms with Crippen LogP contribution in [0.1, 0.15) is 41.6 Å². The molecule has 0 fully saturated rings. The Kier molecular flexibility index (Phi) is 6.44. The van der Waals surface area contributed by atoms with Crippen molar-refractivity contribution in [1.82, 2.24) is 0 Å². The molecule has 0 saturated heterocycles. The Morgan fingerprint density at radius 2 is 1.71 bits per heavy atom. The summed E-state index contributed by atoms with van der Waals surface area (Å²) in [7, 11) is 0. The molecular weight excluding hydrogens is 381 g/mol. The van der Waals surface area contributed by atoms with Gasteiger partial charge in [0.15, 0.2) is 0 Å². The molecule has 3 nitrogen and oxygen atoms in total. The Morgan fingerprint density at radius 1 is 1.14 bits per heavy atom. The quantitative estimate of drug-likeness (QED) is 0.552. The topological polar surface area (TPSA) is 52.3 Å². The molecule has 0 aliphatic rings. The summed E-state index contributed by atoms with van der Waals surface area (Å²) in [6.07, 6.45) is -5.73. The van der Waals surface area contributed by atoms with Crippen LogP contribution in [0.2, 0.25) is 0 Å². The van der Waals surface area contributed by atoms with E-state index in [4.69, 9.17) is 5.73 Å². The maximum absolute atomic E-state index is 15.2. The molecule has 0 amide bonds. The molecule has 2 aromatic carbocycles. The van der Waals surface area contributed by atoms with Crippen molar-refractivity contribution in [1.29, 1.82) is 0 Å². The Bertz CT molecular complexity index is 873. The molecule has 0 heterocycles. The fraction of sp³-hybridized carbons (Fsp3) is 0.350. The van der Waals surface area contributed by atoms with E-state index in [9.17, 15) is 22.4 Å². The zero-order valence-electron chi connectivity index (χ0n) is 15.6. The van der Waals surface area contributed by atoms with Crippen molar-refractivity contribution in [3.63, 3.8) is 0 Å². The SMILES string of the molecule is CCOC(=O)C[C@H](N)c1c(F)c(-c2c(C)cccc2C)cc(C(F)(F)F)c1F. The van der Waals surface area contributed by atoms with E-state index >= 15 is 4.39 Å². The molecule has 2 aromatic rings. The largest absolute Gasteiger partial charge is 0.466 e. The van der Waals surface area contributed by atoms with Crippen LogP contribution in [0.25, 0.3) is 11.1 Å². The maximum atomic E-state index is 15.2. The van der Waals surface area contributed by atoms with Gasteiger partial charge in [0.2, 0.25) is 0 Å². The van der Waals surface area contributed by atoms with Gasteiger partial charge in [-0.25, -0.2) is 8.78 Å². The zero-order valence-corrected chi connectivity index (χ0v) is 15.6. The van der Waals surface area contributed by atoms with Crippen LogP contribution < -0.4 is 5.73 Å². The average molecular weight is 401 g/mol. The number of esters is 1. The van der Waals surface area contributed by atoms with E-state index in [0.29, 0.717) is 17.2 Å². The second kappa shape index (κ2) is 8.26. The summed E-state index contributed by atoms with van der Waals surface area (Å²) < 4.78 is 74.7. The van der Waals surface area contributed by atoms with Gasteiger partial charge in [0.25, 0.3) is 0 Å². The number of carbonyl (C=O) groups excluding carboxylic acids is 1. The molecule has 28 heavy (non-hydrogen) atoms. The van der Waals surface area contributed by atoms with Gasteiger partial charge in [-0.05, 0) is 43.5 Å². The van der Waals surface area contributed by atoms with Gasteiger partial charge in [-0.1, -0.05) is 18.2 Å². The van der Waals surface area contributed by atoms with Gasteiger partial charge >= 0.3 is 12.1 Å². The average Bonchev–Trinajstić information content (AvgIpc) is 2.55. The summed E-state index contributed by atoms with van der Waals surface area (Å²) >= 11 is 0. The molecule has 0 radical (unpaired) electrons. The van der Waals surface area contributed by atoms with E-state index in [1.165, 1.54) is 6.92 Å². The number of benzene rings is 2. The lowest BCUT2D eigenvalue weighted by Gasteiger charge is -2.21. The van der Waals surface area contributed by atoms with Crippen molar-refractivity contribution in [2.75, 3.05) is 6.61 Å². The van der Waals surface area contributed by atoms with Gasteiger partial charge in [0.05, 0.1) is 18.6 Å². The molecule has 2 rings (SSSR count). The van der Waals surface area contributed by atoms with Crippen molar-refractivity contribution < 1.29 is 31.5 Å². The zero-order chi connectivity index (χ0) is 21.2. The van der Waals surface area contributed by atoms with Gasteiger partial charge in [0.1, 0.15) is 11.6 Å². The summed E-state index contributed by atoms with van der Waals surface area (Å²) in [4.78, 5) is 11.6. The molecule has 0 aliphatic heterocycles. The number of alkyl halides is 3. The molecule has 1 atom stereocenters. The van der Waals surface area contributed by atoms with E-state index in [2.05, 4.69) is 4.74 Å². The maximum Gasteiger partial charge on any atom is 0.419 e. The molecular formula is C20H20F5NO2. The Labute approximate surface area is 159 Å². The van der Waals surface area contributed by atoms with Gasteiger partial charge < -0.3 is 10.5 Å². The van der Waals surface area contributed by atoms with Crippen LogP contribution in [-0.4, -0.2) is 12.6 Å². The number of hydrogen-bond acceptors (Lipinski definition) is 3. The van der Waals surface area contributed by atoms with Gasteiger partial charge in [-0.2, -0.15) is 13.2 Å². The Morgan fingerprint density at radius 3 is 2.21 bits per heavy atom. The first kappa shape index (κ1) is 21.8. The fourth-order valence-electron chi connectivity index (χ4n) is 3.11. The van der Waals surface area contributed by atoms with Crippen LogP contribution in [-0.2, 0) is 15.7 Å². The molecule has 0 aliphatic carbocycles. The predicted molar refractivity (Wildman–Crippen MR) is 94.4 cm³/mol. The van der Waals surface area contributed by atoms with E-state index < -0.39 is 52.9 Å². The summed E-state index contributed by atoms with van der Waals surface area (Å²) in [5, 5.41) is 0. The second-order valence-corrected chi connectivity index (χ2v) is 6.39. The predicted octanol–water partition coefficient (Wildman–Crippen LogP) is 5.22. The first-order valence-corrected chi connectivity index (χ1v) is 8.55. The van der Waals surface area contributed by atoms with E-state index in [1.807, 2.05) is 0 Å². The van der Waals surface area contributed by atoms with Crippen LogP contribution in [0.5, 0.6) is 0 Å². The third-order valence-electron chi connectivity index (χ3n) is 4.35. The minimum atomic E-state index is -5.07. The van der Waals surface area contributed by atoms with Gasteiger partial charge in [0, 0.05) is 17.2 Å². The van der Waals surface area contributed by atoms with Crippen molar-refractivity contribution >= 4 is 5.97 Å². The number of hydrogen-bond donors (Lipinski definition) is 1. The summed E-state index contributed by atoms with van der Waals surface area (Å²) in [5.74, 6) is -3.91. The van der Waals surface area contributed by atoms with Gasteiger partial charge in [-0.15, -0.1) is 0 Å². The monoisotopic (exact) mass is 401 g/mol. The standard InChI is InChI=1S/C20H20F5NO2/c1-4-28-15(27)9-14(26)17-18(21)12(8-13(19(17)22)20(23,24)25)16-10(2)6-5-7-11(16)3/h5-8,14H,4,9,26H2,1-3H3/t14-/m0/s1. The number of rotatable bonds is 5. The summed E-state index contributed by atoms with van der Waals surface area (Å²) in [6, 6.07) is 3.70. The van der Waals surface area contributed by atoms with E-state index in [0.717, 1.165) is 0 Å². The first-order valence-electron chi connectivity index (χ1n) is 8.55. The molecule has 0 bridgehead atoms. The van der Waals surface area contributed by atoms with Gasteiger partial charge in [-0.3, -0.25) is 4.79 Å². The number of carbonyl (C=O) groups is 1. The van der Waals surface area contributed by atoms with Crippen LogP contribution in [0, 0.1) is 25.5 Å². The fourth-order valence-corrected chi connectivity index (χ4v) is 3.11. The molecule has 0 saturated carbocycles. The number of nitrogens with two attached hydrogens (primary N) is 1. The number of aryl methyl sites for hydroxylation is 2. The second-order valence-electron chi connectivity index (χ2n) is 6.39. The summed E-state index contributed by atoms with van der Waals surface area (Å²) in [5.41, 5.74) is 3.93. The minimum absolute atomic E-state index is 0.00671. The van der Waals surface area contributed by atoms with Crippen LogP contribution >= 0.6 is 0 Å². The highest BCUT2D eigenvalue weighted by Gasteiger charge is 2.39. The third kappa shape index (κ3) is 4.32. The highest BCUT2D eigenvalue weighted by atomic mass is 19.4. The van der Waals surface area contributed by atoms with Crippen molar-refractivity contribution in [2.24, 2.45) is 5.73 Å². The minimum Gasteiger partial charge on any atom is -0.466 e. The smallest absolute Gasteiger partial charge is 0.419 e. The van der Waals surface area contributed by atoms with Crippen molar-refractivity contribution in [3.8, 4) is 11.1 Å². The molecule has 152 valence electrons. The Balaban J connectivity index is 2.76. The Hall–Kier alpha value is -2.48. The van der Waals surface area contributed by atoms with E-state index in [-0.39, 0.29) is 12.2 Å². The lowest BCUT2D eigenvalue weighted by molar-refractivity contribution is -0.143. The summed E-state index contributed by atoms with van der Waals surface area (Å²) in [6.45, 7) is 4.74. The van der Waals surface area contributed by atoms with Crippen LogP contribution in [0.4, 0.5) is 22.0 Å². The molecule has 0 aromatic heterocycles. The normalized spacial score (nSPS) is 12.8. The molecule has 2 N–H and O–H groups in total. The van der Waals surface area contributed by atoms with Crippen molar-refractivity contribution in [3.05, 3.63) is 58.2 Å². The highest BCUT2D eigenvalue weighted by Crippen LogP contribution is 2.41. The van der Waals surface area contributed by atoms with Crippen LogP contribution in [0.15, 0.2) is 24.3 Å². The van der Waals surface area contributed by atoms with E-state index in [1.54, 1.807) is 32.0 Å². The highest BCUT2D eigenvalue weighted by molar-refractivity contribution is 5.74. The third-order valence-corrected chi connectivity index (χ3v) is 4.35. The number of halogens is 5. The number of ether oxygens (including phenoxy) is 1. The molecule has 8 heteroatoms. The van der Waals surface area contributed by atoms with Crippen LogP contribution in [0.3, 0.4) is 0 Å².